The van der Waals surface area contributed by atoms with Gasteiger partial charge in [0.15, 0.2) is 0 Å². The predicted molar refractivity (Wildman–Crippen MR) is 68.0 cm³/mol. The number of nitrogen functional groups attached to an aromatic ring is 1. The second-order valence-electron chi connectivity index (χ2n) is 3.41. The zero-order chi connectivity index (χ0) is 13.6. The van der Waals surface area contributed by atoms with Crippen LogP contribution in [0, 0.1) is 11.3 Å². The van der Waals surface area contributed by atoms with Crippen molar-refractivity contribution < 1.29 is 13.2 Å². The van der Waals surface area contributed by atoms with Crippen LogP contribution in [-0.4, -0.2) is 28.7 Å². The molecule has 18 heavy (non-hydrogen) atoms. The molecule has 0 spiro atoms. The molecule has 0 aliphatic rings. The van der Waals surface area contributed by atoms with E-state index in [1.165, 1.54) is 25.3 Å². The largest absolute Gasteiger partial charge is 0.399 e. The summed E-state index contributed by atoms with van der Waals surface area (Å²) in [5.74, 6) is 0. The fourth-order valence-electron chi connectivity index (χ4n) is 1.20. The van der Waals surface area contributed by atoms with Gasteiger partial charge < -0.3 is 10.5 Å². The van der Waals surface area contributed by atoms with Crippen LogP contribution in [0.3, 0.4) is 0 Å². The lowest BCUT2D eigenvalue weighted by molar-refractivity contribution is 0.204. The Balaban J connectivity index is 2.81. The van der Waals surface area contributed by atoms with Crippen molar-refractivity contribution in [2.24, 2.45) is 0 Å². The molecule has 0 aliphatic carbocycles. The van der Waals surface area contributed by atoms with Crippen molar-refractivity contribution in [3.8, 4) is 6.07 Å². The van der Waals surface area contributed by atoms with Crippen LogP contribution in [-0.2, 0) is 14.9 Å². The van der Waals surface area contributed by atoms with Crippen LogP contribution in [0.2, 0.25) is 0 Å². The summed E-state index contributed by atoms with van der Waals surface area (Å²) in [6.45, 7) is 0.399. The fourth-order valence-corrected chi connectivity index (χ4v) is 2.09. The first-order valence-electron chi connectivity index (χ1n) is 5.04. The van der Waals surface area contributed by atoms with Crippen molar-refractivity contribution in [3.63, 3.8) is 0 Å². The topological polar surface area (TPSA) is 117 Å². The number of anilines is 2. The average Bonchev–Trinajstić information content (AvgIpc) is 2.31. The van der Waals surface area contributed by atoms with E-state index in [0.29, 0.717) is 5.69 Å². The van der Waals surface area contributed by atoms with Crippen molar-refractivity contribution in [1.82, 2.24) is 4.72 Å². The Labute approximate surface area is 106 Å². The smallest absolute Gasteiger partial charge is 0.299 e. The molecule has 7 nitrogen and oxygen atoms in total. The molecule has 0 saturated carbocycles. The number of hydrogen-bond donors (Lipinski definition) is 3. The van der Waals surface area contributed by atoms with Gasteiger partial charge in [-0.05, 0) is 18.2 Å². The molecule has 4 N–H and O–H groups in total. The third kappa shape index (κ3) is 4.21. The highest BCUT2D eigenvalue weighted by molar-refractivity contribution is 7.90. The Morgan fingerprint density at radius 2 is 2.22 bits per heavy atom. The highest BCUT2D eigenvalue weighted by Gasteiger charge is 2.12. The summed E-state index contributed by atoms with van der Waals surface area (Å²) in [4.78, 5) is 0. The minimum absolute atomic E-state index is 0.142. The molecule has 0 amide bonds. The Morgan fingerprint density at radius 3 is 2.83 bits per heavy atom. The van der Waals surface area contributed by atoms with Crippen molar-refractivity contribution in [3.05, 3.63) is 23.8 Å². The summed E-state index contributed by atoms with van der Waals surface area (Å²) in [6.07, 6.45) is 0. The highest BCUT2D eigenvalue weighted by Crippen LogP contribution is 2.18. The summed E-state index contributed by atoms with van der Waals surface area (Å²) in [7, 11) is -2.26. The van der Waals surface area contributed by atoms with Crippen LogP contribution < -0.4 is 15.2 Å². The molecule has 98 valence electrons. The third-order valence-electron chi connectivity index (χ3n) is 2.01. The summed E-state index contributed by atoms with van der Waals surface area (Å²) in [5, 5.41) is 8.87. The van der Waals surface area contributed by atoms with Crippen molar-refractivity contribution in [2.75, 3.05) is 30.7 Å². The number of nitrogens with zero attached hydrogens (tertiary/aromatic N) is 1. The SMILES string of the molecule is COCCNS(=O)(=O)Nc1ccc(N)cc1C#N. The van der Waals surface area contributed by atoms with Crippen LogP contribution in [0.1, 0.15) is 5.56 Å². The Morgan fingerprint density at radius 1 is 1.50 bits per heavy atom. The molecule has 0 fully saturated rings. The van der Waals surface area contributed by atoms with E-state index >= 15 is 0 Å². The second kappa shape index (κ2) is 6.20. The number of nitrogens with two attached hydrogens (primary N) is 1. The molecule has 1 rings (SSSR count). The van der Waals surface area contributed by atoms with Gasteiger partial charge in [-0.1, -0.05) is 0 Å². The average molecular weight is 270 g/mol. The van der Waals surface area contributed by atoms with Crippen LogP contribution in [0.4, 0.5) is 11.4 Å². The van der Waals surface area contributed by atoms with Gasteiger partial charge in [0.05, 0.1) is 17.9 Å². The Hall–Kier alpha value is -1.82. The minimum Gasteiger partial charge on any atom is -0.399 e. The second-order valence-corrected chi connectivity index (χ2v) is 4.91. The molecule has 0 saturated heterocycles. The Kier molecular flexibility index (Phi) is 4.91. The maximum absolute atomic E-state index is 11.6. The quantitative estimate of drug-likeness (QED) is 0.498. The zero-order valence-electron chi connectivity index (χ0n) is 9.80. The molecule has 0 aromatic heterocycles. The molecule has 0 aliphatic heterocycles. The molecule has 1 aromatic rings. The van der Waals surface area contributed by atoms with Gasteiger partial charge in [-0.3, -0.25) is 4.72 Å². The molecular weight excluding hydrogens is 256 g/mol. The van der Waals surface area contributed by atoms with E-state index in [4.69, 9.17) is 15.7 Å². The number of methoxy groups -OCH3 is 1. The molecule has 0 radical (unpaired) electrons. The number of rotatable bonds is 6. The lowest BCUT2D eigenvalue weighted by Crippen LogP contribution is -2.32. The van der Waals surface area contributed by atoms with Crippen LogP contribution >= 0.6 is 0 Å². The van der Waals surface area contributed by atoms with Gasteiger partial charge in [-0.25, -0.2) is 0 Å². The molecule has 0 bridgehead atoms. The van der Waals surface area contributed by atoms with Gasteiger partial charge in [0.1, 0.15) is 6.07 Å². The molecule has 0 heterocycles. The van der Waals surface area contributed by atoms with Crippen molar-refractivity contribution >= 4 is 21.6 Å². The molecule has 0 atom stereocenters. The van der Waals surface area contributed by atoms with Gasteiger partial charge in [0.2, 0.25) is 0 Å². The van der Waals surface area contributed by atoms with Gasteiger partial charge in [-0.15, -0.1) is 0 Å². The lowest BCUT2D eigenvalue weighted by Gasteiger charge is -2.10. The molecule has 8 heteroatoms. The monoisotopic (exact) mass is 270 g/mol. The maximum Gasteiger partial charge on any atom is 0.299 e. The van der Waals surface area contributed by atoms with Gasteiger partial charge >= 0.3 is 0 Å². The molecular formula is C10H14N4O3S. The van der Waals surface area contributed by atoms with E-state index in [1.807, 2.05) is 6.07 Å². The number of benzene rings is 1. The number of hydrogen-bond acceptors (Lipinski definition) is 5. The normalized spacial score (nSPS) is 10.9. The van der Waals surface area contributed by atoms with E-state index in [-0.39, 0.29) is 24.4 Å². The summed E-state index contributed by atoms with van der Waals surface area (Å²) in [5.41, 5.74) is 6.23. The zero-order valence-corrected chi connectivity index (χ0v) is 10.6. The van der Waals surface area contributed by atoms with E-state index in [0.717, 1.165) is 0 Å². The predicted octanol–water partition coefficient (Wildman–Crippen LogP) is 0.0332. The summed E-state index contributed by atoms with van der Waals surface area (Å²) >= 11 is 0. The number of nitriles is 1. The van der Waals surface area contributed by atoms with Crippen molar-refractivity contribution in [2.45, 2.75) is 0 Å². The van der Waals surface area contributed by atoms with Gasteiger partial charge in [0.25, 0.3) is 10.2 Å². The highest BCUT2D eigenvalue weighted by atomic mass is 32.2. The standard InChI is InChI=1S/C10H14N4O3S/c1-17-5-4-13-18(15,16)14-10-3-2-9(12)6-8(10)7-11/h2-3,6,13-14H,4-5,12H2,1H3. The maximum atomic E-state index is 11.6. The van der Waals surface area contributed by atoms with Crippen LogP contribution in [0.15, 0.2) is 18.2 Å². The first kappa shape index (κ1) is 14.2. The summed E-state index contributed by atoms with van der Waals surface area (Å²) < 4.78 is 32.5. The minimum atomic E-state index is -3.72. The third-order valence-corrected chi connectivity index (χ3v) is 3.08. The molecule has 0 unspecified atom stereocenters. The molecule has 1 aromatic carbocycles. The Bertz CT molecular complexity index is 551. The van der Waals surface area contributed by atoms with E-state index in [1.54, 1.807) is 0 Å². The van der Waals surface area contributed by atoms with E-state index < -0.39 is 10.2 Å². The first-order valence-corrected chi connectivity index (χ1v) is 6.53. The lowest BCUT2D eigenvalue weighted by atomic mass is 10.2. The number of ether oxygens (including phenoxy) is 1. The first-order chi connectivity index (χ1) is 8.48. The van der Waals surface area contributed by atoms with E-state index in [9.17, 15) is 8.42 Å². The van der Waals surface area contributed by atoms with Crippen LogP contribution in [0.5, 0.6) is 0 Å². The van der Waals surface area contributed by atoms with Gasteiger partial charge in [0, 0.05) is 19.3 Å². The van der Waals surface area contributed by atoms with E-state index in [2.05, 4.69) is 9.44 Å². The fraction of sp³-hybridized carbons (Fsp3) is 0.300. The number of nitrogens with one attached hydrogen (secondary N) is 2. The summed E-state index contributed by atoms with van der Waals surface area (Å²) in [6, 6.07) is 6.20. The van der Waals surface area contributed by atoms with Gasteiger partial charge in [-0.2, -0.15) is 18.4 Å². The van der Waals surface area contributed by atoms with Crippen molar-refractivity contribution in [1.29, 1.82) is 5.26 Å². The van der Waals surface area contributed by atoms with Crippen LogP contribution in [0.25, 0.3) is 0 Å².